The van der Waals surface area contributed by atoms with E-state index >= 15 is 0 Å². The Hall–Kier alpha value is -0.610. The molecule has 0 aliphatic heterocycles. The Labute approximate surface area is 183 Å². The molecule has 1 aromatic carbocycles. The number of benzene rings is 1. The van der Waals surface area contributed by atoms with Crippen molar-refractivity contribution in [2.24, 2.45) is 4.99 Å². The maximum atomic E-state index is 11.7. The van der Waals surface area contributed by atoms with Gasteiger partial charge in [-0.05, 0) is 37.0 Å². The summed E-state index contributed by atoms with van der Waals surface area (Å²) in [4.78, 5) is 18.9. The topological polar surface area (TPSA) is 56.7 Å². The van der Waals surface area contributed by atoms with E-state index in [0.29, 0.717) is 5.96 Å². The summed E-state index contributed by atoms with van der Waals surface area (Å²) in [5, 5.41) is 6.64. The van der Waals surface area contributed by atoms with Gasteiger partial charge in [-0.25, -0.2) is 4.99 Å². The molecule has 0 aromatic heterocycles. The van der Waals surface area contributed by atoms with Gasteiger partial charge >= 0.3 is 0 Å². The molecule has 0 saturated carbocycles. The first-order chi connectivity index (χ1) is 12.1. The highest BCUT2D eigenvalue weighted by Gasteiger charge is 2.04. The summed E-state index contributed by atoms with van der Waals surface area (Å²) >= 11 is 3.67. The van der Waals surface area contributed by atoms with Gasteiger partial charge in [-0.3, -0.25) is 4.79 Å². The number of rotatable bonds is 11. The number of guanidine groups is 1. The number of halogens is 1. The molecule has 5 nitrogen and oxygen atoms in total. The van der Waals surface area contributed by atoms with Crippen LogP contribution in [0.2, 0.25) is 0 Å². The van der Waals surface area contributed by atoms with Crippen molar-refractivity contribution in [1.29, 1.82) is 0 Å². The maximum Gasteiger partial charge on any atom is 0.243 e. The summed E-state index contributed by atoms with van der Waals surface area (Å²) in [6.07, 6.45) is 4.41. The molecule has 8 heteroatoms. The van der Waals surface area contributed by atoms with Gasteiger partial charge in [-0.15, -0.1) is 35.7 Å². The molecule has 0 radical (unpaired) electrons. The van der Waals surface area contributed by atoms with Crippen LogP contribution in [0.15, 0.2) is 40.2 Å². The average molecular weight is 511 g/mol. The van der Waals surface area contributed by atoms with Crippen LogP contribution in [0.4, 0.5) is 0 Å². The van der Waals surface area contributed by atoms with E-state index in [0.717, 1.165) is 25.3 Å². The molecule has 26 heavy (non-hydrogen) atoms. The Morgan fingerprint density at radius 3 is 2.42 bits per heavy atom. The van der Waals surface area contributed by atoms with Crippen LogP contribution >= 0.6 is 47.5 Å². The average Bonchev–Trinajstić information content (AvgIpc) is 2.62. The predicted molar refractivity (Wildman–Crippen MR) is 127 cm³/mol. The lowest BCUT2D eigenvalue weighted by Gasteiger charge is -2.13. The van der Waals surface area contributed by atoms with Crippen LogP contribution in [0.5, 0.6) is 0 Å². The zero-order valence-electron chi connectivity index (χ0n) is 15.9. The third kappa shape index (κ3) is 12.7. The lowest BCUT2D eigenvalue weighted by atomic mass is 10.3. The van der Waals surface area contributed by atoms with Crippen molar-refractivity contribution in [2.75, 3.05) is 51.5 Å². The number of unbranched alkanes of at least 4 members (excludes halogenated alkanes) is 1. The van der Waals surface area contributed by atoms with Gasteiger partial charge in [0.2, 0.25) is 5.91 Å². The van der Waals surface area contributed by atoms with Gasteiger partial charge in [-0.1, -0.05) is 18.2 Å². The van der Waals surface area contributed by atoms with Gasteiger partial charge in [0.05, 0.1) is 0 Å². The number of aliphatic imine (C=N–C) groups is 1. The molecule has 0 bridgehead atoms. The van der Waals surface area contributed by atoms with E-state index in [-0.39, 0.29) is 36.4 Å². The molecule has 0 saturated heterocycles. The quantitative estimate of drug-likeness (QED) is 0.158. The van der Waals surface area contributed by atoms with E-state index in [1.54, 1.807) is 30.8 Å². The fourth-order valence-electron chi connectivity index (χ4n) is 1.90. The highest BCUT2D eigenvalue weighted by molar-refractivity contribution is 14.0. The van der Waals surface area contributed by atoms with E-state index in [9.17, 15) is 4.79 Å². The molecule has 1 rings (SSSR count). The molecule has 0 aliphatic rings. The van der Waals surface area contributed by atoms with Crippen molar-refractivity contribution < 1.29 is 4.79 Å². The van der Waals surface area contributed by atoms with E-state index in [1.807, 2.05) is 30.0 Å². The van der Waals surface area contributed by atoms with Crippen LogP contribution in [-0.4, -0.2) is 68.3 Å². The number of hydrogen-bond donors (Lipinski definition) is 2. The zero-order valence-corrected chi connectivity index (χ0v) is 19.8. The van der Waals surface area contributed by atoms with E-state index in [4.69, 9.17) is 0 Å². The Morgan fingerprint density at radius 1 is 1.08 bits per heavy atom. The van der Waals surface area contributed by atoms with E-state index in [2.05, 4.69) is 34.0 Å². The fraction of sp³-hybridized carbons (Fsp3) is 0.556. The van der Waals surface area contributed by atoms with Crippen LogP contribution < -0.4 is 10.6 Å². The number of hydrogen-bond acceptors (Lipinski definition) is 4. The summed E-state index contributed by atoms with van der Waals surface area (Å²) in [5.41, 5.74) is 0. The lowest BCUT2D eigenvalue weighted by Crippen LogP contribution is -2.40. The number of carbonyl (C=O) groups excluding carboxylic acids is 1. The SMILES string of the molecule is CSCCCCNC(=NCC(=O)N(C)C)NCCSc1ccccc1.I. The first-order valence-corrected chi connectivity index (χ1v) is 10.9. The van der Waals surface area contributed by atoms with E-state index < -0.39 is 0 Å². The Kier molecular flexibility index (Phi) is 16.2. The molecule has 0 unspecified atom stereocenters. The summed E-state index contributed by atoms with van der Waals surface area (Å²) in [6.45, 7) is 1.83. The second-order valence-electron chi connectivity index (χ2n) is 5.67. The number of nitrogens with one attached hydrogen (secondary N) is 2. The summed E-state index contributed by atoms with van der Waals surface area (Å²) < 4.78 is 0. The fourth-order valence-corrected chi connectivity index (χ4v) is 3.18. The number of likely N-dealkylation sites (N-methyl/N-ethyl adjacent to an activating group) is 1. The van der Waals surface area contributed by atoms with Gasteiger partial charge in [0.1, 0.15) is 6.54 Å². The van der Waals surface area contributed by atoms with Crippen molar-refractivity contribution in [3.63, 3.8) is 0 Å². The monoisotopic (exact) mass is 510 g/mol. The van der Waals surface area contributed by atoms with Crippen molar-refractivity contribution in [3.8, 4) is 0 Å². The highest BCUT2D eigenvalue weighted by atomic mass is 127. The van der Waals surface area contributed by atoms with Gasteiger partial charge in [0.25, 0.3) is 0 Å². The number of amides is 1. The van der Waals surface area contributed by atoms with Crippen molar-refractivity contribution in [2.45, 2.75) is 17.7 Å². The van der Waals surface area contributed by atoms with Gasteiger partial charge in [0.15, 0.2) is 5.96 Å². The molecular weight excluding hydrogens is 479 g/mol. The Morgan fingerprint density at radius 2 is 1.77 bits per heavy atom. The normalized spacial score (nSPS) is 10.8. The molecule has 0 atom stereocenters. The first kappa shape index (κ1) is 25.4. The molecule has 0 aliphatic carbocycles. The summed E-state index contributed by atoms with van der Waals surface area (Å²) in [6, 6.07) is 10.3. The predicted octanol–water partition coefficient (Wildman–Crippen LogP) is 3.16. The molecular formula is C18H31IN4OS2. The summed E-state index contributed by atoms with van der Waals surface area (Å²) in [7, 11) is 3.49. The molecule has 0 spiro atoms. The highest BCUT2D eigenvalue weighted by Crippen LogP contribution is 2.15. The van der Waals surface area contributed by atoms with Crippen LogP contribution in [0.25, 0.3) is 0 Å². The molecule has 0 heterocycles. The Bertz CT molecular complexity index is 515. The third-order valence-electron chi connectivity index (χ3n) is 3.35. The zero-order chi connectivity index (χ0) is 18.3. The van der Waals surface area contributed by atoms with Crippen LogP contribution in [0, 0.1) is 0 Å². The third-order valence-corrected chi connectivity index (χ3v) is 5.06. The van der Waals surface area contributed by atoms with E-state index in [1.165, 1.54) is 17.1 Å². The molecule has 1 aromatic rings. The number of nitrogens with zero attached hydrogens (tertiary/aromatic N) is 2. The number of carbonyl (C=O) groups is 1. The second kappa shape index (κ2) is 16.6. The maximum absolute atomic E-state index is 11.7. The molecule has 1 amide bonds. The van der Waals surface area contributed by atoms with Gasteiger partial charge in [-0.2, -0.15) is 11.8 Å². The van der Waals surface area contributed by atoms with Crippen LogP contribution in [-0.2, 0) is 4.79 Å². The minimum Gasteiger partial charge on any atom is -0.356 e. The standard InChI is InChI=1S/C18H30N4OS2.HI/c1-22(2)17(23)15-21-18(19-11-7-8-13-24-3)20-12-14-25-16-9-5-4-6-10-16;/h4-6,9-10H,7-8,11-15H2,1-3H3,(H2,19,20,21);1H. The minimum atomic E-state index is 0. The largest absolute Gasteiger partial charge is 0.356 e. The molecule has 2 N–H and O–H groups in total. The molecule has 0 fully saturated rings. The van der Waals surface area contributed by atoms with Gasteiger partial charge in [0, 0.05) is 37.8 Å². The van der Waals surface area contributed by atoms with Crippen molar-refractivity contribution in [1.82, 2.24) is 15.5 Å². The van der Waals surface area contributed by atoms with Crippen LogP contribution in [0.3, 0.4) is 0 Å². The Balaban J connectivity index is 0.00000625. The minimum absolute atomic E-state index is 0. The van der Waals surface area contributed by atoms with Gasteiger partial charge < -0.3 is 15.5 Å². The van der Waals surface area contributed by atoms with Crippen molar-refractivity contribution in [3.05, 3.63) is 30.3 Å². The molecule has 148 valence electrons. The second-order valence-corrected chi connectivity index (χ2v) is 7.82. The number of thioether (sulfide) groups is 2. The smallest absolute Gasteiger partial charge is 0.243 e. The van der Waals surface area contributed by atoms with Crippen molar-refractivity contribution >= 4 is 59.4 Å². The first-order valence-electron chi connectivity index (χ1n) is 8.52. The van der Waals surface area contributed by atoms with Crippen LogP contribution in [0.1, 0.15) is 12.8 Å². The lowest BCUT2D eigenvalue weighted by molar-refractivity contribution is -0.127. The summed E-state index contributed by atoms with van der Waals surface area (Å²) in [5.74, 6) is 2.84.